The van der Waals surface area contributed by atoms with Gasteiger partial charge in [-0.2, -0.15) is 0 Å². The van der Waals surface area contributed by atoms with Crippen molar-refractivity contribution in [3.8, 4) is 0 Å². The minimum atomic E-state index is -0.964. The molecule has 2 aromatic carbocycles. The normalized spacial score (nSPS) is 12.3. The molecule has 0 aliphatic heterocycles. The van der Waals surface area contributed by atoms with Gasteiger partial charge < -0.3 is 15.4 Å². The van der Waals surface area contributed by atoms with Gasteiger partial charge in [-0.05, 0) is 29.6 Å². The van der Waals surface area contributed by atoms with E-state index in [1.165, 1.54) is 6.82 Å². The number of nitrogens with one attached hydrogen (secondary N) is 1. The predicted molar refractivity (Wildman–Crippen MR) is 76.0 cm³/mol. The third-order valence-electron chi connectivity index (χ3n) is 2.99. The highest BCUT2D eigenvalue weighted by Crippen LogP contribution is 2.16. The summed E-state index contributed by atoms with van der Waals surface area (Å²) in [7, 11) is -0.846. The molecular weight excluding hydrogens is 241 g/mol. The molecule has 0 bridgehead atoms. The number of benzene rings is 2. The van der Waals surface area contributed by atoms with Crippen molar-refractivity contribution in [3.05, 3.63) is 48.0 Å². The average molecular weight is 257 g/mol. The van der Waals surface area contributed by atoms with Crippen molar-refractivity contribution >= 4 is 23.8 Å². The second-order valence-corrected chi connectivity index (χ2v) is 4.62. The number of carboxylic acid groups (broad SMARTS) is 1. The maximum Gasteiger partial charge on any atom is 0.374 e. The van der Waals surface area contributed by atoms with Crippen LogP contribution in [0.15, 0.2) is 42.5 Å². The molecule has 0 amide bonds. The molecule has 5 heteroatoms. The van der Waals surface area contributed by atoms with E-state index in [0.717, 1.165) is 16.3 Å². The molecule has 0 fully saturated rings. The summed E-state index contributed by atoms with van der Waals surface area (Å²) in [6.45, 7) is 1.51. The Labute approximate surface area is 112 Å². The van der Waals surface area contributed by atoms with Gasteiger partial charge in [0.1, 0.15) is 6.04 Å². The van der Waals surface area contributed by atoms with Crippen LogP contribution in [0.4, 0.5) is 0 Å². The van der Waals surface area contributed by atoms with Crippen molar-refractivity contribution in [2.75, 3.05) is 0 Å². The number of carboxylic acids is 1. The highest BCUT2D eigenvalue weighted by Gasteiger charge is 2.20. The molecule has 0 radical (unpaired) electrons. The van der Waals surface area contributed by atoms with Gasteiger partial charge in [0.15, 0.2) is 0 Å². The number of fused-ring (bicyclic) bond motifs is 1. The lowest BCUT2D eigenvalue weighted by molar-refractivity contribution is -0.139. The number of aliphatic carboxylic acids is 1. The Balaban J connectivity index is 2.21. The van der Waals surface area contributed by atoms with Gasteiger partial charge in [0, 0.05) is 0 Å². The van der Waals surface area contributed by atoms with Gasteiger partial charge in [-0.25, -0.2) is 0 Å². The fraction of sp³-hybridized carbons (Fsp3) is 0.214. The second kappa shape index (κ2) is 5.86. The number of hydrogen-bond acceptors (Lipinski definition) is 3. The van der Waals surface area contributed by atoms with Crippen LogP contribution in [-0.2, 0) is 11.2 Å². The molecule has 0 aliphatic rings. The summed E-state index contributed by atoms with van der Waals surface area (Å²) in [6, 6.07) is 13.0. The van der Waals surface area contributed by atoms with Crippen molar-refractivity contribution in [2.45, 2.75) is 19.3 Å². The zero-order valence-corrected chi connectivity index (χ0v) is 10.7. The van der Waals surface area contributed by atoms with Gasteiger partial charge in [0.05, 0.1) is 0 Å². The maximum atomic E-state index is 11.1. The van der Waals surface area contributed by atoms with Crippen LogP contribution >= 0.6 is 0 Å². The molecule has 2 aromatic rings. The zero-order chi connectivity index (χ0) is 13.8. The molecule has 0 aromatic heterocycles. The predicted octanol–water partition coefficient (Wildman–Crippen LogP) is 1.54. The Morgan fingerprint density at radius 3 is 2.58 bits per heavy atom. The lowest BCUT2D eigenvalue weighted by Crippen LogP contribution is -2.46. The molecule has 0 saturated carbocycles. The first-order chi connectivity index (χ1) is 9.06. The van der Waals surface area contributed by atoms with Gasteiger partial charge in [-0.15, -0.1) is 0 Å². The lowest BCUT2D eigenvalue weighted by Gasteiger charge is -2.15. The molecule has 0 saturated heterocycles. The van der Waals surface area contributed by atoms with Crippen molar-refractivity contribution in [1.29, 1.82) is 0 Å². The van der Waals surface area contributed by atoms with Crippen LogP contribution in [0.5, 0.6) is 0 Å². The lowest BCUT2D eigenvalue weighted by atomic mass is 9.86. The molecule has 4 nitrogen and oxygen atoms in total. The minimum Gasteiger partial charge on any atom is -0.480 e. The highest BCUT2D eigenvalue weighted by molar-refractivity contribution is 6.46. The van der Waals surface area contributed by atoms with Crippen molar-refractivity contribution in [1.82, 2.24) is 5.23 Å². The Hall–Kier alpha value is -1.85. The van der Waals surface area contributed by atoms with Crippen LogP contribution in [0.3, 0.4) is 0 Å². The molecule has 98 valence electrons. The first kappa shape index (κ1) is 13.6. The first-order valence-electron chi connectivity index (χ1n) is 6.21. The first-order valence-corrected chi connectivity index (χ1v) is 6.21. The van der Waals surface area contributed by atoms with Crippen LogP contribution in [0.25, 0.3) is 10.8 Å². The minimum absolute atomic E-state index is 0.338. The van der Waals surface area contributed by atoms with Gasteiger partial charge in [0.25, 0.3) is 0 Å². The number of carbonyl (C=O) groups is 1. The van der Waals surface area contributed by atoms with Crippen molar-refractivity contribution in [2.24, 2.45) is 0 Å². The van der Waals surface area contributed by atoms with Crippen molar-refractivity contribution in [3.63, 3.8) is 0 Å². The van der Waals surface area contributed by atoms with E-state index in [2.05, 4.69) is 5.23 Å². The fourth-order valence-corrected chi connectivity index (χ4v) is 2.11. The molecule has 1 atom stereocenters. The Morgan fingerprint density at radius 1 is 1.26 bits per heavy atom. The van der Waals surface area contributed by atoms with Crippen LogP contribution < -0.4 is 5.23 Å². The van der Waals surface area contributed by atoms with E-state index in [9.17, 15) is 9.82 Å². The van der Waals surface area contributed by atoms with Gasteiger partial charge in [-0.3, -0.25) is 4.79 Å². The van der Waals surface area contributed by atoms with Crippen LogP contribution in [0, 0.1) is 0 Å². The van der Waals surface area contributed by atoms with Crippen LogP contribution in [-0.4, -0.2) is 29.2 Å². The van der Waals surface area contributed by atoms with Crippen molar-refractivity contribution < 1.29 is 14.9 Å². The van der Waals surface area contributed by atoms with Crippen LogP contribution in [0.1, 0.15) is 5.56 Å². The number of hydrogen-bond donors (Lipinski definition) is 3. The van der Waals surface area contributed by atoms with Gasteiger partial charge in [0.2, 0.25) is 0 Å². The molecule has 1 unspecified atom stereocenters. The molecule has 0 heterocycles. The van der Waals surface area contributed by atoms with E-state index >= 15 is 0 Å². The molecule has 2 rings (SSSR count). The smallest absolute Gasteiger partial charge is 0.374 e. The zero-order valence-electron chi connectivity index (χ0n) is 10.7. The Bertz CT molecular complexity index is 586. The SMILES string of the molecule is CB(O)NC(Cc1ccc2ccccc2c1)C(=O)O. The van der Waals surface area contributed by atoms with E-state index in [0.29, 0.717) is 6.42 Å². The summed E-state index contributed by atoms with van der Waals surface area (Å²) >= 11 is 0. The van der Waals surface area contributed by atoms with E-state index < -0.39 is 19.1 Å². The Kier molecular flexibility index (Phi) is 4.19. The fourth-order valence-electron chi connectivity index (χ4n) is 2.11. The van der Waals surface area contributed by atoms with Crippen LogP contribution in [0.2, 0.25) is 6.82 Å². The summed E-state index contributed by atoms with van der Waals surface area (Å²) in [6.07, 6.45) is 0.338. The summed E-state index contributed by atoms with van der Waals surface area (Å²) in [5.74, 6) is -0.964. The van der Waals surface area contributed by atoms with E-state index in [1.54, 1.807) is 0 Å². The summed E-state index contributed by atoms with van der Waals surface area (Å²) in [5, 5.41) is 23.2. The molecule has 3 N–H and O–H groups in total. The molecule has 0 aliphatic carbocycles. The summed E-state index contributed by atoms with van der Waals surface area (Å²) < 4.78 is 0. The largest absolute Gasteiger partial charge is 0.480 e. The van der Waals surface area contributed by atoms with E-state index in [4.69, 9.17) is 5.11 Å². The average Bonchev–Trinajstić information content (AvgIpc) is 2.37. The number of rotatable bonds is 5. The van der Waals surface area contributed by atoms with Gasteiger partial charge in [-0.1, -0.05) is 42.5 Å². The maximum absolute atomic E-state index is 11.1. The van der Waals surface area contributed by atoms with E-state index in [1.807, 2.05) is 42.5 Å². The molecule has 0 spiro atoms. The monoisotopic (exact) mass is 257 g/mol. The third kappa shape index (κ3) is 3.56. The molecule has 19 heavy (non-hydrogen) atoms. The molecular formula is C14H16BNO3. The third-order valence-corrected chi connectivity index (χ3v) is 2.99. The Morgan fingerprint density at radius 2 is 1.95 bits per heavy atom. The van der Waals surface area contributed by atoms with E-state index in [-0.39, 0.29) is 0 Å². The summed E-state index contributed by atoms with van der Waals surface area (Å²) in [4.78, 5) is 11.1. The second-order valence-electron chi connectivity index (χ2n) is 4.62. The summed E-state index contributed by atoms with van der Waals surface area (Å²) in [5.41, 5.74) is 0.930. The topological polar surface area (TPSA) is 69.6 Å². The quantitative estimate of drug-likeness (QED) is 0.710. The van der Waals surface area contributed by atoms with Gasteiger partial charge >= 0.3 is 13.0 Å². The highest BCUT2D eigenvalue weighted by atomic mass is 16.4. The standard InChI is InChI=1S/C14H16BNO3/c1-15(19)16-13(14(17)18)9-10-6-7-11-4-2-3-5-12(11)8-10/h2-8,13,16,19H,9H2,1H3,(H,17,18).